The van der Waals surface area contributed by atoms with Crippen LogP contribution in [0.4, 0.5) is 0 Å². The van der Waals surface area contributed by atoms with Crippen LogP contribution >= 0.6 is 0 Å². The standard InChI is InChI=1S/C45H32/c1-45(2)40-25-13-12-23-38(40)44-37(24-14-26-41(44)45)39-28-31(27-30-17-6-7-18-32(30)39)43-35-21-10-8-19-33(35)42(29-15-4-3-5-16-29)34-20-9-11-22-36(34)43/h3-28H,1-2H3. The Balaban J connectivity index is 1.40. The Morgan fingerprint density at radius 1 is 0.333 bits per heavy atom. The Hall–Kier alpha value is -5.46. The van der Waals surface area contributed by atoms with Crippen LogP contribution in [0.25, 0.3) is 76.8 Å². The highest BCUT2D eigenvalue weighted by Gasteiger charge is 2.36. The van der Waals surface area contributed by atoms with Gasteiger partial charge in [0.1, 0.15) is 0 Å². The third-order valence-electron chi connectivity index (χ3n) is 10.0. The Morgan fingerprint density at radius 3 is 1.53 bits per heavy atom. The molecule has 8 aromatic carbocycles. The van der Waals surface area contributed by atoms with Gasteiger partial charge < -0.3 is 0 Å². The monoisotopic (exact) mass is 572 g/mol. The van der Waals surface area contributed by atoms with Gasteiger partial charge in [-0.1, -0.05) is 159 Å². The first-order chi connectivity index (χ1) is 22.1. The average molecular weight is 573 g/mol. The lowest BCUT2D eigenvalue weighted by Gasteiger charge is -2.22. The van der Waals surface area contributed by atoms with Crippen molar-refractivity contribution in [3.8, 4) is 44.5 Å². The third kappa shape index (κ3) is 3.79. The number of hydrogen-bond acceptors (Lipinski definition) is 0. The van der Waals surface area contributed by atoms with Crippen LogP contribution in [0.15, 0.2) is 158 Å². The van der Waals surface area contributed by atoms with Gasteiger partial charge in [-0.15, -0.1) is 0 Å². The van der Waals surface area contributed by atoms with Gasteiger partial charge in [0.2, 0.25) is 0 Å². The van der Waals surface area contributed by atoms with E-state index in [-0.39, 0.29) is 5.41 Å². The van der Waals surface area contributed by atoms with Crippen molar-refractivity contribution in [1.82, 2.24) is 0 Å². The van der Waals surface area contributed by atoms with E-state index in [1.54, 1.807) is 0 Å². The molecule has 0 N–H and O–H groups in total. The predicted octanol–water partition coefficient (Wildman–Crippen LogP) is 12.5. The molecule has 0 bridgehead atoms. The summed E-state index contributed by atoms with van der Waals surface area (Å²) >= 11 is 0. The summed E-state index contributed by atoms with van der Waals surface area (Å²) < 4.78 is 0. The lowest BCUT2D eigenvalue weighted by molar-refractivity contribution is 0.660. The van der Waals surface area contributed by atoms with Crippen LogP contribution in [-0.2, 0) is 5.41 Å². The second kappa shape index (κ2) is 9.78. The van der Waals surface area contributed by atoms with Crippen molar-refractivity contribution in [1.29, 1.82) is 0 Å². The van der Waals surface area contributed by atoms with Gasteiger partial charge >= 0.3 is 0 Å². The maximum Gasteiger partial charge on any atom is 0.0159 e. The molecule has 45 heavy (non-hydrogen) atoms. The van der Waals surface area contributed by atoms with Gasteiger partial charge in [-0.05, 0) is 100 Å². The van der Waals surface area contributed by atoms with E-state index in [4.69, 9.17) is 0 Å². The van der Waals surface area contributed by atoms with Crippen LogP contribution in [0.2, 0.25) is 0 Å². The summed E-state index contributed by atoms with van der Waals surface area (Å²) in [7, 11) is 0. The van der Waals surface area contributed by atoms with Crippen molar-refractivity contribution >= 4 is 32.3 Å². The lowest BCUT2D eigenvalue weighted by atomic mass is 9.81. The third-order valence-corrected chi connectivity index (χ3v) is 10.0. The van der Waals surface area contributed by atoms with Gasteiger partial charge in [0.05, 0.1) is 0 Å². The molecule has 1 aliphatic rings. The maximum absolute atomic E-state index is 2.46. The van der Waals surface area contributed by atoms with Crippen LogP contribution in [0, 0.1) is 0 Å². The van der Waals surface area contributed by atoms with Gasteiger partial charge in [0, 0.05) is 5.41 Å². The first-order valence-electron chi connectivity index (χ1n) is 15.9. The molecule has 0 nitrogen and oxygen atoms in total. The fraction of sp³-hybridized carbons (Fsp3) is 0.0667. The molecule has 0 aromatic heterocycles. The van der Waals surface area contributed by atoms with E-state index in [9.17, 15) is 0 Å². The number of hydrogen-bond donors (Lipinski definition) is 0. The van der Waals surface area contributed by atoms with Crippen molar-refractivity contribution < 1.29 is 0 Å². The van der Waals surface area contributed by atoms with E-state index < -0.39 is 0 Å². The lowest BCUT2D eigenvalue weighted by Crippen LogP contribution is -2.14. The van der Waals surface area contributed by atoms with E-state index in [1.807, 2.05) is 0 Å². The summed E-state index contributed by atoms with van der Waals surface area (Å²) in [6.07, 6.45) is 0. The van der Waals surface area contributed by atoms with Crippen molar-refractivity contribution in [3.05, 3.63) is 169 Å². The molecular formula is C45H32. The van der Waals surface area contributed by atoms with Crippen molar-refractivity contribution in [2.75, 3.05) is 0 Å². The zero-order chi connectivity index (χ0) is 30.1. The summed E-state index contributed by atoms with van der Waals surface area (Å²) in [5, 5.41) is 7.66. The number of fused-ring (bicyclic) bond motifs is 6. The van der Waals surface area contributed by atoms with E-state index in [1.165, 1.54) is 88.0 Å². The van der Waals surface area contributed by atoms with Crippen LogP contribution < -0.4 is 0 Å². The normalized spacial score (nSPS) is 13.3. The van der Waals surface area contributed by atoms with Crippen molar-refractivity contribution in [2.45, 2.75) is 19.3 Å². The van der Waals surface area contributed by atoms with Crippen LogP contribution in [-0.4, -0.2) is 0 Å². The van der Waals surface area contributed by atoms with E-state index in [0.717, 1.165) is 0 Å². The molecule has 0 heteroatoms. The molecular weight excluding hydrogens is 540 g/mol. The Morgan fingerprint density at radius 2 is 0.844 bits per heavy atom. The molecule has 212 valence electrons. The molecule has 0 fully saturated rings. The summed E-state index contributed by atoms with van der Waals surface area (Å²) in [5.74, 6) is 0. The predicted molar refractivity (Wildman–Crippen MR) is 193 cm³/mol. The van der Waals surface area contributed by atoms with E-state index in [0.29, 0.717) is 0 Å². The first kappa shape index (κ1) is 26.0. The molecule has 9 rings (SSSR count). The molecule has 0 atom stereocenters. The number of rotatable bonds is 3. The largest absolute Gasteiger partial charge is 0.0622 e. The highest BCUT2D eigenvalue weighted by atomic mass is 14.4. The quantitative estimate of drug-likeness (QED) is 0.185. The van der Waals surface area contributed by atoms with Gasteiger partial charge in [0.15, 0.2) is 0 Å². The van der Waals surface area contributed by atoms with Gasteiger partial charge in [-0.3, -0.25) is 0 Å². The first-order valence-corrected chi connectivity index (χ1v) is 15.9. The summed E-state index contributed by atoms with van der Waals surface area (Å²) in [6, 6.07) is 58.4. The van der Waals surface area contributed by atoms with Crippen LogP contribution in [0.3, 0.4) is 0 Å². The minimum Gasteiger partial charge on any atom is -0.0622 e. The zero-order valence-electron chi connectivity index (χ0n) is 25.5. The molecule has 1 aliphatic carbocycles. The molecule has 0 amide bonds. The second-order valence-electron chi connectivity index (χ2n) is 12.9. The molecule has 0 unspecified atom stereocenters. The average Bonchev–Trinajstić information content (AvgIpc) is 3.33. The smallest absolute Gasteiger partial charge is 0.0159 e. The Labute approximate surface area is 264 Å². The van der Waals surface area contributed by atoms with Crippen molar-refractivity contribution in [2.24, 2.45) is 0 Å². The van der Waals surface area contributed by atoms with Crippen LogP contribution in [0.1, 0.15) is 25.0 Å². The molecule has 0 spiro atoms. The highest BCUT2D eigenvalue weighted by Crippen LogP contribution is 2.53. The van der Waals surface area contributed by atoms with Crippen LogP contribution in [0.5, 0.6) is 0 Å². The van der Waals surface area contributed by atoms with Gasteiger partial charge in [-0.25, -0.2) is 0 Å². The molecule has 8 aromatic rings. The Kier molecular flexibility index (Phi) is 5.64. The van der Waals surface area contributed by atoms with E-state index in [2.05, 4.69) is 172 Å². The minimum atomic E-state index is -0.0466. The molecule has 0 radical (unpaired) electrons. The van der Waals surface area contributed by atoms with Crippen molar-refractivity contribution in [3.63, 3.8) is 0 Å². The molecule has 0 saturated carbocycles. The molecule has 0 aliphatic heterocycles. The number of benzene rings is 8. The zero-order valence-corrected chi connectivity index (χ0v) is 25.5. The highest BCUT2D eigenvalue weighted by molar-refractivity contribution is 6.22. The maximum atomic E-state index is 2.46. The fourth-order valence-corrected chi connectivity index (χ4v) is 8.01. The summed E-state index contributed by atoms with van der Waals surface area (Å²) in [6.45, 7) is 4.73. The fourth-order valence-electron chi connectivity index (χ4n) is 8.01. The van der Waals surface area contributed by atoms with Gasteiger partial charge in [0.25, 0.3) is 0 Å². The second-order valence-corrected chi connectivity index (χ2v) is 12.9. The minimum absolute atomic E-state index is 0.0466. The SMILES string of the molecule is CC1(C)c2ccccc2-c2c(-c3cc(-c4c5ccccc5c(-c5ccccc5)c5ccccc45)cc4ccccc34)cccc21. The summed E-state index contributed by atoms with van der Waals surface area (Å²) in [4.78, 5) is 0. The topological polar surface area (TPSA) is 0 Å². The summed E-state index contributed by atoms with van der Waals surface area (Å²) in [5.41, 5.74) is 13.2. The Bertz CT molecular complexity index is 2390. The molecule has 0 saturated heterocycles. The van der Waals surface area contributed by atoms with E-state index >= 15 is 0 Å². The van der Waals surface area contributed by atoms with Gasteiger partial charge in [-0.2, -0.15) is 0 Å². The molecule has 0 heterocycles.